The molecule has 6 aromatic heterocycles. The van der Waals surface area contributed by atoms with Crippen LogP contribution in [0.25, 0.3) is 94.1 Å². The lowest BCUT2D eigenvalue weighted by Crippen LogP contribution is -1.98. The summed E-state index contributed by atoms with van der Waals surface area (Å²) >= 11 is 0. The minimum absolute atomic E-state index is 0.872. The zero-order chi connectivity index (χ0) is 33.7. The molecule has 51 heavy (non-hydrogen) atoms. The fraction of sp³-hybridized carbons (Fsp3) is 0. The first kappa shape index (κ1) is 28.9. The number of para-hydroxylation sites is 1. The number of rotatable bonds is 5. The van der Waals surface area contributed by atoms with Crippen molar-refractivity contribution in [2.75, 3.05) is 0 Å². The van der Waals surface area contributed by atoms with E-state index in [1.54, 1.807) is 12.4 Å². The predicted octanol–water partition coefficient (Wildman–Crippen LogP) is 10.7. The summed E-state index contributed by atoms with van der Waals surface area (Å²) in [5, 5.41) is 5.62. The molecule has 0 unspecified atom stereocenters. The second kappa shape index (κ2) is 11.8. The molecule has 6 nitrogen and oxygen atoms in total. The van der Waals surface area contributed by atoms with Crippen molar-refractivity contribution in [3.8, 4) is 50.6 Å². The van der Waals surface area contributed by atoms with Gasteiger partial charge in [-0.3, -0.25) is 24.5 Å². The maximum Gasteiger partial charge on any atom is 0.138 e. The zero-order valence-electron chi connectivity index (χ0n) is 27.3. The molecule has 0 amide bonds. The predicted molar refractivity (Wildman–Crippen MR) is 207 cm³/mol. The van der Waals surface area contributed by atoms with Crippen molar-refractivity contribution in [2.45, 2.75) is 0 Å². The van der Waals surface area contributed by atoms with Crippen molar-refractivity contribution < 1.29 is 0 Å². The van der Waals surface area contributed by atoms with Crippen LogP contribution in [0.4, 0.5) is 0 Å². The topological polar surface area (TPSA) is 69.4 Å². The molecule has 0 spiro atoms. The van der Waals surface area contributed by atoms with E-state index in [1.165, 1.54) is 0 Å². The van der Waals surface area contributed by atoms with Gasteiger partial charge in [-0.15, -0.1) is 0 Å². The van der Waals surface area contributed by atoms with Gasteiger partial charge in [0.25, 0.3) is 0 Å². The van der Waals surface area contributed by atoms with E-state index < -0.39 is 0 Å². The van der Waals surface area contributed by atoms with Gasteiger partial charge in [0.05, 0.1) is 27.9 Å². The van der Waals surface area contributed by atoms with Gasteiger partial charge in [-0.1, -0.05) is 72.8 Å². The van der Waals surface area contributed by atoms with E-state index in [-0.39, 0.29) is 0 Å². The Kier molecular flexibility index (Phi) is 6.70. The molecule has 0 bridgehead atoms. The quantitative estimate of drug-likeness (QED) is 0.185. The third-order valence-electron chi connectivity index (χ3n) is 9.67. The van der Waals surface area contributed by atoms with Gasteiger partial charge in [0.2, 0.25) is 0 Å². The van der Waals surface area contributed by atoms with Crippen LogP contribution in [-0.4, -0.2) is 29.5 Å². The van der Waals surface area contributed by atoms with Gasteiger partial charge >= 0.3 is 0 Å². The summed E-state index contributed by atoms with van der Waals surface area (Å²) in [7, 11) is 0. The maximum absolute atomic E-state index is 5.19. The third-order valence-corrected chi connectivity index (χ3v) is 9.67. The van der Waals surface area contributed by atoms with Crippen molar-refractivity contribution in [3.05, 3.63) is 171 Å². The fourth-order valence-electron chi connectivity index (χ4n) is 7.19. The highest BCUT2D eigenvalue weighted by Crippen LogP contribution is 2.42. The van der Waals surface area contributed by atoms with Crippen molar-refractivity contribution in [2.24, 2.45) is 0 Å². The second-order valence-corrected chi connectivity index (χ2v) is 12.6. The number of fused-ring (bicyclic) bond motifs is 6. The summed E-state index contributed by atoms with van der Waals surface area (Å²) in [6.07, 6.45) is 11.2. The van der Waals surface area contributed by atoms with Crippen LogP contribution in [0.15, 0.2) is 171 Å². The van der Waals surface area contributed by atoms with Crippen LogP contribution in [0, 0.1) is 0 Å². The van der Waals surface area contributed by atoms with E-state index >= 15 is 0 Å². The highest BCUT2D eigenvalue weighted by atomic mass is 15.1. The minimum atomic E-state index is 0.872. The summed E-state index contributed by atoms with van der Waals surface area (Å²) in [5.41, 5.74) is 11.2. The van der Waals surface area contributed by atoms with Crippen LogP contribution in [0.3, 0.4) is 0 Å². The van der Waals surface area contributed by atoms with Gasteiger partial charge in [0, 0.05) is 92.1 Å². The smallest absolute Gasteiger partial charge is 0.138 e. The Bertz CT molecular complexity index is 2880. The lowest BCUT2D eigenvalue weighted by Gasteiger charge is -2.13. The Morgan fingerprint density at radius 1 is 0.431 bits per heavy atom. The molecule has 0 aliphatic rings. The monoisotopic (exact) mass is 652 g/mol. The number of hydrogen-bond acceptors (Lipinski definition) is 5. The molecule has 0 aliphatic carbocycles. The highest BCUT2D eigenvalue weighted by molar-refractivity contribution is 6.22. The Hall–Kier alpha value is -7.05. The Morgan fingerprint density at radius 2 is 1.10 bits per heavy atom. The van der Waals surface area contributed by atoms with Gasteiger partial charge in [0.15, 0.2) is 0 Å². The first-order valence-corrected chi connectivity index (χ1v) is 16.9. The summed E-state index contributed by atoms with van der Waals surface area (Å²) in [6, 6.07) is 46.5. The van der Waals surface area contributed by atoms with E-state index in [4.69, 9.17) is 15.0 Å². The first-order chi connectivity index (χ1) is 25.3. The molecule has 4 aromatic carbocycles. The molecule has 0 radical (unpaired) electrons. The standard InChI is InChI=1S/C45H28N6/c1-4-12-41-29(7-1)16-20-44(50-41)51-43-19-15-30(40-17-13-33(27-48-40)31-8-5-21-46-25-31)23-38(43)39-24-37(35-10-2-3-11-36(35)45(39)51)42-18-14-34(28-49-42)32-9-6-22-47-26-32/h1-28H. The maximum atomic E-state index is 5.19. The number of nitrogens with zero attached hydrogens (tertiary/aromatic N) is 6. The Labute approximate surface area is 293 Å². The normalized spacial score (nSPS) is 11.5. The van der Waals surface area contributed by atoms with Crippen molar-refractivity contribution in [1.29, 1.82) is 0 Å². The van der Waals surface area contributed by atoms with Gasteiger partial charge in [-0.25, -0.2) is 4.98 Å². The van der Waals surface area contributed by atoms with Crippen molar-refractivity contribution >= 4 is 43.5 Å². The summed E-state index contributed by atoms with van der Waals surface area (Å²) in [6.45, 7) is 0. The molecular weight excluding hydrogens is 625 g/mol. The molecule has 0 fully saturated rings. The van der Waals surface area contributed by atoms with Crippen LogP contribution in [0.2, 0.25) is 0 Å². The average Bonchev–Trinajstić information content (AvgIpc) is 3.55. The SMILES string of the molecule is c1cncc(-c2ccc(-c3ccc4c(c3)c3cc(-c5ccc(-c6cccnc6)cn5)c5ccccc5c3n4-c3ccc4ccccc4n3)nc2)c1. The molecule has 238 valence electrons. The van der Waals surface area contributed by atoms with E-state index in [2.05, 4.69) is 130 Å². The van der Waals surface area contributed by atoms with Gasteiger partial charge in [-0.05, 0) is 66.0 Å². The van der Waals surface area contributed by atoms with E-state index in [0.29, 0.717) is 0 Å². The third kappa shape index (κ3) is 4.92. The fourth-order valence-corrected chi connectivity index (χ4v) is 7.19. The molecule has 0 atom stereocenters. The zero-order valence-corrected chi connectivity index (χ0v) is 27.3. The summed E-state index contributed by atoms with van der Waals surface area (Å²) < 4.78 is 2.31. The Morgan fingerprint density at radius 3 is 1.80 bits per heavy atom. The molecule has 0 saturated heterocycles. The largest absolute Gasteiger partial charge is 0.293 e. The minimum Gasteiger partial charge on any atom is -0.293 e. The molecular formula is C45H28N6. The van der Waals surface area contributed by atoms with Crippen LogP contribution in [0.1, 0.15) is 0 Å². The van der Waals surface area contributed by atoms with Crippen LogP contribution >= 0.6 is 0 Å². The first-order valence-electron chi connectivity index (χ1n) is 16.9. The number of benzene rings is 4. The molecule has 0 aliphatic heterocycles. The van der Waals surface area contributed by atoms with E-state index in [1.807, 2.05) is 43.0 Å². The van der Waals surface area contributed by atoms with Gasteiger partial charge in [-0.2, -0.15) is 0 Å². The molecule has 0 N–H and O–H groups in total. The van der Waals surface area contributed by atoms with E-state index in [0.717, 1.165) is 94.1 Å². The Balaban J connectivity index is 1.22. The molecule has 6 heterocycles. The number of aromatic nitrogens is 6. The molecule has 6 heteroatoms. The average molecular weight is 653 g/mol. The van der Waals surface area contributed by atoms with E-state index in [9.17, 15) is 0 Å². The lowest BCUT2D eigenvalue weighted by molar-refractivity contribution is 1.11. The second-order valence-electron chi connectivity index (χ2n) is 12.6. The van der Waals surface area contributed by atoms with Crippen molar-refractivity contribution in [3.63, 3.8) is 0 Å². The lowest BCUT2D eigenvalue weighted by atomic mass is 9.96. The highest BCUT2D eigenvalue weighted by Gasteiger charge is 2.20. The summed E-state index contributed by atoms with van der Waals surface area (Å²) in [5.74, 6) is 0.872. The summed E-state index contributed by atoms with van der Waals surface area (Å²) in [4.78, 5) is 23.7. The van der Waals surface area contributed by atoms with Crippen LogP contribution < -0.4 is 0 Å². The molecule has 10 rings (SSSR count). The number of hydrogen-bond donors (Lipinski definition) is 0. The molecule has 0 saturated carbocycles. The number of pyridine rings is 5. The van der Waals surface area contributed by atoms with Gasteiger partial charge in [0.1, 0.15) is 5.82 Å². The molecule has 10 aromatic rings. The van der Waals surface area contributed by atoms with Gasteiger partial charge < -0.3 is 0 Å². The van der Waals surface area contributed by atoms with Crippen LogP contribution in [-0.2, 0) is 0 Å². The van der Waals surface area contributed by atoms with Crippen molar-refractivity contribution in [1.82, 2.24) is 29.5 Å². The van der Waals surface area contributed by atoms with Crippen LogP contribution in [0.5, 0.6) is 0 Å².